The maximum atomic E-state index is 12.3. The van der Waals surface area contributed by atoms with E-state index in [1.54, 1.807) is 7.05 Å². The molecule has 0 atom stereocenters. The van der Waals surface area contributed by atoms with Crippen LogP contribution in [0.4, 0.5) is 5.69 Å². The highest BCUT2D eigenvalue weighted by Gasteiger charge is 2.24. The normalized spacial score (nSPS) is 18.7. The SMILES string of the molecule is CN=C(NCC(=O)N1CCN(c2ccccc2)CC1)NC1CC1. The van der Waals surface area contributed by atoms with Gasteiger partial charge in [-0.25, -0.2) is 0 Å². The molecular weight excluding hydrogens is 290 g/mol. The van der Waals surface area contributed by atoms with Crippen LogP contribution in [0, 0.1) is 0 Å². The molecular formula is C17H25N5O. The third-order valence-corrected chi connectivity index (χ3v) is 4.30. The van der Waals surface area contributed by atoms with Crippen LogP contribution < -0.4 is 15.5 Å². The number of nitrogens with zero attached hydrogens (tertiary/aromatic N) is 3. The molecule has 0 aromatic heterocycles. The highest BCUT2D eigenvalue weighted by Crippen LogP contribution is 2.18. The van der Waals surface area contributed by atoms with Crippen molar-refractivity contribution in [1.82, 2.24) is 15.5 Å². The highest BCUT2D eigenvalue weighted by atomic mass is 16.2. The molecule has 1 saturated carbocycles. The fraction of sp³-hybridized carbons (Fsp3) is 0.529. The van der Waals surface area contributed by atoms with E-state index >= 15 is 0 Å². The summed E-state index contributed by atoms with van der Waals surface area (Å²) in [6.45, 7) is 3.60. The number of guanidine groups is 1. The summed E-state index contributed by atoms with van der Waals surface area (Å²) in [5.74, 6) is 0.861. The number of rotatable bonds is 4. The zero-order valence-corrected chi connectivity index (χ0v) is 13.7. The Balaban J connectivity index is 1.42. The second kappa shape index (κ2) is 7.35. The molecule has 1 aromatic rings. The third-order valence-electron chi connectivity index (χ3n) is 4.30. The van der Waals surface area contributed by atoms with Gasteiger partial charge in [0.05, 0.1) is 6.54 Å². The Morgan fingerprint density at radius 2 is 1.87 bits per heavy atom. The van der Waals surface area contributed by atoms with Crippen molar-refractivity contribution in [1.29, 1.82) is 0 Å². The van der Waals surface area contributed by atoms with E-state index in [0.29, 0.717) is 12.6 Å². The van der Waals surface area contributed by atoms with E-state index in [1.165, 1.54) is 18.5 Å². The molecule has 124 valence electrons. The van der Waals surface area contributed by atoms with Crippen LogP contribution in [-0.4, -0.2) is 62.6 Å². The lowest BCUT2D eigenvalue weighted by Gasteiger charge is -2.36. The molecule has 1 aliphatic carbocycles. The quantitative estimate of drug-likeness (QED) is 0.633. The van der Waals surface area contributed by atoms with Crippen LogP contribution in [0.3, 0.4) is 0 Å². The Labute approximate surface area is 137 Å². The Kier molecular flexibility index (Phi) is 5.00. The summed E-state index contributed by atoms with van der Waals surface area (Å²) in [7, 11) is 1.74. The van der Waals surface area contributed by atoms with Gasteiger partial charge in [0.15, 0.2) is 5.96 Å². The molecule has 1 saturated heterocycles. The lowest BCUT2D eigenvalue weighted by molar-refractivity contribution is -0.130. The first kappa shape index (κ1) is 15.6. The smallest absolute Gasteiger partial charge is 0.242 e. The van der Waals surface area contributed by atoms with Crippen LogP contribution in [0.15, 0.2) is 35.3 Å². The summed E-state index contributed by atoms with van der Waals surface area (Å²) < 4.78 is 0. The van der Waals surface area contributed by atoms with Crippen molar-refractivity contribution in [2.75, 3.05) is 44.7 Å². The number of hydrogen-bond donors (Lipinski definition) is 2. The van der Waals surface area contributed by atoms with Gasteiger partial charge in [-0.15, -0.1) is 0 Å². The van der Waals surface area contributed by atoms with E-state index < -0.39 is 0 Å². The Bertz CT molecular complexity index is 547. The molecule has 0 bridgehead atoms. The monoisotopic (exact) mass is 315 g/mol. The first-order valence-electron chi connectivity index (χ1n) is 8.31. The molecule has 1 aromatic carbocycles. The molecule has 0 unspecified atom stereocenters. The Morgan fingerprint density at radius 1 is 1.17 bits per heavy atom. The number of hydrogen-bond acceptors (Lipinski definition) is 3. The van der Waals surface area contributed by atoms with Gasteiger partial charge in [0.1, 0.15) is 0 Å². The summed E-state index contributed by atoms with van der Waals surface area (Å²) in [6.07, 6.45) is 2.38. The van der Waals surface area contributed by atoms with Gasteiger partial charge in [0.25, 0.3) is 0 Å². The summed E-state index contributed by atoms with van der Waals surface area (Å²) in [5.41, 5.74) is 1.23. The maximum absolute atomic E-state index is 12.3. The van der Waals surface area contributed by atoms with Gasteiger partial charge < -0.3 is 20.4 Å². The summed E-state index contributed by atoms with van der Waals surface area (Å²) in [5, 5.41) is 6.40. The number of nitrogens with one attached hydrogen (secondary N) is 2. The lowest BCUT2D eigenvalue weighted by Crippen LogP contribution is -2.52. The number of anilines is 1. The first-order chi connectivity index (χ1) is 11.3. The number of benzene rings is 1. The largest absolute Gasteiger partial charge is 0.368 e. The maximum Gasteiger partial charge on any atom is 0.242 e. The summed E-state index contributed by atoms with van der Waals surface area (Å²) >= 11 is 0. The van der Waals surface area contributed by atoms with Gasteiger partial charge in [0.2, 0.25) is 5.91 Å². The zero-order chi connectivity index (χ0) is 16.1. The van der Waals surface area contributed by atoms with Crippen molar-refractivity contribution in [2.45, 2.75) is 18.9 Å². The van der Waals surface area contributed by atoms with Crippen LogP contribution in [0.2, 0.25) is 0 Å². The summed E-state index contributed by atoms with van der Waals surface area (Å²) in [4.78, 5) is 20.7. The van der Waals surface area contributed by atoms with Gasteiger partial charge in [-0.3, -0.25) is 9.79 Å². The highest BCUT2D eigenvalue weighted by molar-refractivity contribution is 5.86. The summed E-state index contributed by atoms with van der Waals surface area (Å²) in [6, 6.07) is 10.9. The van der Waals surface area contributed by atoms with Crippen molar-refractivity contribution in [3.8, 4) is 0 Å². The van der Waals surface area contributed by atoms with Gasteiger partial charge >= 0.3 is 0 Å². The van der Waals surface area contributed by atoms with Crippen molar-refractivity contribution in [2.24, 2.45) is 4.99 Å². The van der Waals surface area contributed by atoms with E-state index in [2.05, 4.69) is 44.8 Å². The molecule has 1 amide bonds. The molecule has 2 aliphatic rings. The van der Waals surface area contributed by atoms with Crippen molar-refractivity contribution < 1.29 is 4.79 Å². The van der Waals surface area contributed by atoms with Crippen LogP contribution in [0.5, 0.6) is 0 Å². The fourth-order valence-corrected chi connectivity index (χ4v) is 2.74. The van der Waals surface area contributed by atoms with E-state index in [9.17, 15) is 4.79 Å². The van der Waals surface area contributed by atoms with Crippen molar-refractivity contribution in [3.63, 3.8) is 0 Å². The van der Waals surface area contributed by atoms with Crippen molar-refractivity contribution in [3.05, 3.63) is 30.3 Å². The number of carbonyl (C=O) groups is 1. The lowest BCUT2D eigenvalue weighted by atomic mass is 10.2. The fourth-order valence-electron chi connectivity index (χ4n) is 2.74. The van der Waals surface area contributed by atoms with Crippen molar-refractivity contribution >= 4 is 17.6 Å². The minimum Gasteiger partial charge on any atom is -0.368 e. The standard InChI is InChI=1S/C17H25N5O/c1-18-17(20-14-7-8-14)19-13-16(23)22-11-9-21(10-12-22)15-5-3-2-4-6-15/h2-6,14H,7-13H2,1H3,(H2,18,19,20). The van der Waals surface area contributed by atoms with Gasteiger partial charge in [-0.1, -0.05) is 18.2 Å². The van der Waals surface area contributed by atoms with Crippen LogP contribution in [0.1, 0.15) is 12.8 Å². The molecule has 2 fully saturated rings. The number of carbonyl (C=O) groups excluding carboxylic acids is 1. The second-order valence-corrected chi connectivity index (χ2v) is 6.05. The Hall–Kier alpha value is -2.24. The average Bonchev–Trinajstić information content (AvgIpc) is 3.43. The van der Waals surface area contributed by atoms with E-state index in [0.717, 1.165) is 32.1 Å². The van der Waals surface area contributed by atoms with Gasteiger partial charge in [-0.05, 0) is 25.0 Å². The predicted octanol–water partition coefficient (Wildman–Crippen LogP) is 0.663. The molecule has 23 heavy (non-hydrogen) atoms. The second-order valence-electron chi connectivity index (χ2n) is 6.05. The molecule has 6 heteroatoms. The topological polar surface area (TPSA) is 60.0 Å². The minimum atomic E-state index is 0.136. The zero-order valence-electron chi connectivity index (χ0n) is 13.7. The van der Waals surface area contributed by atoms with Crippen LogP contribution in [-0.2, 0) is 4.79 Å². The Morgan fingerprint density at radius 3 is 2.48 bits per heavy atom. The molecule has 0 spiro atoms. The van der Waals surface area contributed by atoms with Crippen LogP contribution in [0.25, 0.3) is 0 Å². The van der Waals surface area contributed by atoms with Crippen LogP contribution >= 0.6 is 0 Å². The molecule has 1 aliphatic heterocycles. The minimum absolute atomic E-state index is 0.136. The number of para-hydroxylation sites is 1. The molecule has 1 heterocycles. The third kappa shape index (κ3) is 4.37. The van der Waals surface area contributed by atoms with E-state index in [4.69, 9.17) is 0 Å². The van der Waals surface area contributed by atoms with Gasteiger partial charge in [-0.2, -0.15) is 0 Å². The average molecular weight is 315 g/mol. The number of piperazine rings is 1. The predicted molar refractivity (Wildman–Crippen MR) is 92.8 cm³/mol. The molecule has 6 nitrogen and oxygen atoms in total. The number of aliphatic imine (C=N–C) groups is 1. The number of amides is 1. The molecule has 3 rings (SSSR count). The van der Waals surface area contributed by atoms with Gasteiger partial charge in [0, 0.05) is 45.0 Å². The molecule has 0 radical (unpaired) electrons. The van der Waals surface area contributed by atoms with E-state index in [-0.39, 0.29) is 5.91 Å². The first-order valence-corrected chi connectivity index (χ1v) is 8.31. The molecule has 2 N–H and O–H groups in total. The van der Waals surface area contributed by atoms with E-state index in [1.807, 2.05) is 11.0 Å².